The Morgan fingerprint density at radius 1 is 1.22 bits per heavy atom. The second kappa shape index (κ2) is 16.4. The van der Waals surface area contributed by atoms with Gasteiger partial charge in [-0.15, -0.1) is 0 Å². The highest BCUT2D eigenvalue weighted by Crippen LogP contribution is 2.10. The van der Waals surface area contributed by atoms with Gasteiger partial charge in [0.15, 0.2) is 5.16 Å². The Morgan fingerprint density at radius 3 is 2.13 bits per heavy atom. The van der Waals surface area contributed by atoms with Gasteiger partial charge in [0, 0.05) is 18.1 Å². The summed E-state index contributed by atoms with van der Waals surface area (Å²) in [5.74, 6) is 0.930. The van der Waals surface area contributed by atoms with E-state index in [4.69, 9.17) is 4.79 Å². The predicted molar refractivity (Wildman–Crippen MR) is 94.0 cm³/mol. The molecule has 0 aliphatic rings. The van der Waals surface area contributed by atoms with Crippen molar-refractivity contribution < 1.29 is 13.9 Å². The molecule has 1 aromatic carbocycles. The van der Waals surface area contributed by atoms with E-state index in [0.717, 1.165) is 16.5 Å². The highest BCUT2D eigenvalue weighted by atomic mass is 32.2. The van der Waals surface area contributed by atoms with E-state index in [0.29, 0.717) is 6.47 Å². The topological polar surface area (TPSA) is 52.1 Å². The number of methoxy groups -OCH3 is 1. The zero-order valence-electron chi connectivity index (χ0n) is 13.0. The lowest BCUT2D eigenvalue weighted by Gasteiger charge is -1.93. The number of nitrogens with zero attached hydrogens (tertiary/aromatic N) is 2. The van der Waals surface area contributed by atoms with E-state index in [2.05, 4.69) is 21.6 Å². The van der Waals surface area contributed by atoms with Crippen LogP contribution in [0.2, 0.25) is 0 Å². The van der Waals surface area contributed by atoms with Gasteiger partial charge in [-0.25, -0.2) is 14.4 Å². The van der Waals surface area contributed by atoms with Crippen molar-refractivity contribution in [2.75, 3.05) is 12.9 Å². The molecule has 2 aromatic rings. The molecule has 0 fully saturated rings. The molecule has 6 heteroatoms. The van der Waals surface area contributed by atoms with Crippen molar-refractivity contribution in [3.63, 3.8) is 0 Å². The summed E-state index contributed by atoms with van der Waals surface area (Å²) in [6.07, 6.45) is 4.71. The van der Waals surface area contributed by atoms with Crippen LogP contribution in [0.15, 0.2) is 47.9 Å². The molecule has 0 amide bonds. The first-order valence-electron chi connectivity index (χ1n) is 6.72. The molecular weight excluding hydrogens is 315 g/mol. The molecule has 0 spiro atoms. The second-order valence-corrected chi connectivity index (χ2v) is 5.07. The normalized spacial score (nSPS) is 8.35. The van der Waals surface area contributed by atoms with Crippen LogP contribution in [-0.2, 0) is 9.53 Å². The summed E-state index contributed by atoms with van der Waals surface area (Å²) in [5, 5.41) is 0.879. The zero-order valence-corrected chi connectivity index (χ0v) is 13.8. The maximum absolute atomic E-state index is 12.1. The maximum Gasteiger partial charge on any atom is 0.292 e. The summed E-state index contributed by atoms with van der Waals surface area (Å²) >= 11 is 1.70. The first kappa shape index (κ1) is 23.3. The average Bonchev–Trinajstić information content (AvgIpc) is 2.57. The van der Waals surface area contributed by atoms with Crippen molar-refractivity contribution in [3.8, 4) is 0 Å². The van der Waals surface area contributed by atoms with Crippen LogP contribution in [0, 0.1) is 12.7 Å². The van der Waals surface area contributed by atoms with Crippen LogP contribution < -0.4 is 0 Å². The summed E-state index contributed by atoms with van der Waals surface area (Å²) in [6, 6.07) is 8.23. The highest BCUT2D eigenvalue weighted by Gasteiger charge is 1.91. The SMILES string of the molecule is C.CCCSc1ncccn1.COC=O.Cc1ccc(F)cc1. The van der Waals surface area contributed by atoms with Gasteiger partial charge in [0.25, 0.3) is 6.47 Å². The molecular formula is C17H25FN2O2S. The minimum Gasteiger partial charge on any atom is -0.471 e. The van der Waals surface area contributed by atoms with Gasteiger partial charge >= 0.3 is 0 Å². The van der Waals surface area contributed by atoms with Crippen molar-refractivity contribution in [1.29, 1.82) is 0 Å². The Kier molecular flexibility index (Phi) is 16.6. The molecule has 0 aliphatic carbocycles. The molecule has 0 unspecified atom stereocenters. The van der Waals surface area contributed by atoms with Crippen LogP contribution >= 0.6 is 11.8 Å². The van der Waals surface area contributed by atoms with Crippen molar-refractivity contribution >= 4 is 18.2 Å². The van der Waals surface area contributed by atoms with Gasteiger partial charge in [-0.05, 0) is 31.5 Å². The maximum atomic E-state index is 12.1. The molecule has 128 valence electrons. The smallest absolute Gasteiger partial charge is 0.292 e. The molecule has 2 rings (SSSR count). The number of aryl methyl sites for hydroxylation is 1. The van der Waals surface area contributed by atoms with Crippen molar-refractivity contribution in [3.05, 3.63) is 54.1 Å². The van der Waals surface area contributed by atoms with Crippen molar-refractivity contribution in [2.45, 2.75) is 32.9 Å². The molecule has 1 aromatic heterocycles. The molecule has 0 saturated heterocycles. The molecule has 0 bridgehead atoms. The standard InChI is InChI=1S/C7H7F.C7H10N2S.C2H4O2.CH4/c1-6-2-4-7(8)5-3-6;1-2-6-10-7-8-4-3-5-9-7;1-4-2-3;/h2-5H,1H3;3-5H,2,6H2,1H3;2H,1H3;1H4. The summed E-state index contributed by atoms with van der Waals surface area (Å²) in [5.41, 5.74) is 1.09. The Labute approximate surface area is 142 Å². The molecule has 4 nitrogen and oxygen atoms in total. The number of hydrogen-bond donors (Lipinski definition) is 0. The minimum absolute atomic E-state index is 0. The van der Waals surface area contributed by atoms with E-state index in [1.165, 1.54) is 25.7 Å². The first-order valence-corrected chi connectivity index (χ1v) is 7.71. The summed E-state index contributed by atoms with van der Waals surface area (Å²) < 4.78 is 15.9. The van der Waals surface area contributed by atoms with Crippen LogP contribution in [0.4, 0.5) is 4.39 Å². The number of carbonyl (C=O) groups excluding carboxylic acids is 1. The van der Waals surface area contributed by atoms with E-state index in [1.807, 2.05) is 13.0 Å². The van der Waals surface area contributed by atoms with Crippen LogP contribution in [0.1, 0.15) is 26.3 Å². The summed E-state index contributed by atoms with van der Waals surface area (Å²) in [6.45, 7) is 4.45. The van der Waals surface area contributed by atoms with Crippen LogP contribution in [-0.4, -0.2) is 29.3 Å². The van der Waals surface area contributed by atoms with E-state index in [1.54, 1.807) is 36.3 Å². The van der Waals surface area contributed by atoms with Crippen LogP contribution in [0.25, 0.3) is 0 Å². The number of carbonyl (C=O) groups is 1. The van der Waals surface area contributed by atoms with Crippen molar-refractivity contribution in [2.24, 2.45) is 0 Å². The quantitative estimate of drug-likeness (QED) is 0.465. The fraction of sp³-hybridized carbons (Fsp3) is 0.353. The third kappa shape index (κ3) is 14.7. The fourth-order valence-corrected chi connectivity index (χ4v) is 1.74. The van der Waals surface area contributed by atoms with Gasteiger partial charge in [-0.1, -0.05) is 43.8 Å². The van der Waals surface area contributed by atoms with Gasteiger partial charge in [0.2, 0.25) is 0 Å². The van der Waals surface area contributed by atoms with E-state index < -0.39 is 0 Å². The van der Waals surface area contributed by atoms with E-state index in [9.17, 15) is 4.39 Å². The molecule has 0 N–H and O–H groups in total. The lowest BCUT2D eigenvalue weighted by Crippen LogP contribution is -1.83. The largest absolute Gasteiger partial charge is 0.471 e. The van der Waals surface area contributed by atoms with Gasteiger partial charge < -0.3 is 4.74 Å². The molecule has 23 heavy (non-hydrogen) atoms. The fourth-order valence-electron chi connectivity index (χ4n) is 1.09. The van der Waals surface area contributed by atoms with Gasteiger partial charge in [-0.3, -0.25) is 4.79 Å². The van der Waals surface area contributed by atoms with Gasteiger partial charge in [0.1, 0.15) is 5.82 Å². The number of rotatable bonds is 4. The Hall–Kier alpha value is -1.95. The second-order valence-electron chi connectivity index (χ2n) is 4.01. The summed E-state index contributed by atoms with van der Waals surface area (Å²) in [7, 11) is 1.31. The number of benzene rings is 1. The molecule has 0 aliphatic heterocycles. The lowest BCUT2D eigenvalue weighted by atomic mass is 10.2. The third-order valence-corrected chi connectivity index (χ3v) is 3.17. The van der Waals surface area contributed by atoms with Crippen molar-refractivity contribution in [1.82, 2.24) is 9.97 Å². The Balaban J connectivity index is 0. The third-order valence-electron chi connectivity index (χ3n) is 2.08. The van der Waals surface area contributed by atoms with Crippen LogP contribution in [0.5, 0.6) is 0 Å². The van der Waals surface area contributed by atoms with E-state index in [-0.39, 0.29) is 13.2 Å². The Bertz CT molecular complexity index is 475. The number of thioether (sulfide) groups is 1. The first-order chi connectivity index (χ1) is 10.6. The molecule has 0 radical (unpaired) electrons. The number of aromatic nitrogens is 2. The van der Waals surface area contributed by atoms with Gasteiger partial charge in [0.05, 0.1) is 7.11 Å². The molecule has 1 heterocycles. The zero-order chi connectivity index (χ0) is 16.6. The predicted octanol–water partition coefficient (Wildman–Crippen LogP) is 4.54. The van der Waals surface area contributed by atoms with Crippen LogP contribution in [0.3, 0.4) is 0 Å². The van der Waals surface area contributed by atoms with E-state index >= 15 is 0 Å². The Morgan fingerprint density at radius 2 is 1.74 bits per heavy atom. The molecule has 0 atom stereocenters. The molecule has 0 saturated carbocycles. The minimum atomic E-state index is -0.171. The highest BCUT2D eigenvalue weighted by molar-refractivity contribution is 7.99. The monoisotopic (exact) mass is 340 g/mol. The lowest BCUT2D eigenvalue weighted by molar-refractivity contribution is -0.126. The number of hydrogen-bond acceptors (Lipinski definition) is 5. The average molecular weight is 340 g/mol. The summed E-state index contributed by atoms with van der Waals surface area (Å²) in [4.78, 5) is 17.1. The number of ether oxygens (including phenoxy) is 1. The number of halogens is 1. The van der Waals surface area contributed by atoms with Gasteiger partial charge in [-0.2, -0.15) is 0 Å².